The molecule has 1 aliphatic rings. The Morgan fingerprint density at radius 1 is 1.03 bits per heavy atom. The molecular formula is C18H16F4N2O4S. The minimum Gasteiger partial charge on any atom is -0.379 e. The first-order valence-electron chi connectivity index (χ1n) is 8.45. The van der Waals surface area contributed by atoms with Crippen molar-refractivity contribution in [3.8, 4) is 0 Å². The number of sulfonamides is 1. The van der Waals surface area contributed by atoms with Crippen molar-refractivity contribution in [1.29, 1.82) is 0 Å². The highest BCUT2D eigenvalue weighted by Crippen LogP contribution is 2.30. The highest BCUT2D eigenvalue weighted by Gasteiger charge is 2.30. The van der Waals surface area contributed by atoms with Gasteiger partial charge in [-0.3, -0.25) is 4.79 Å². The van der Waals surface area contributed by atoms with E-state index < -0.39 is 39.1 Å². The molecule has 0 atom stereocenters. The van der Waals surface area contributed by atoms with E-state index in [0.717, 1.165) is 42.5 Å². The van der Waals surface area contributed by atoms with Crippen LogP contribution in [0.2, 0.25) is 0 Å². The first-order valence-corrected chi connectivity index (χ1v) is 9.89. The largest absolute Gasteiger partial charge is 0.416 e. The van der Waals surface area contributed by atoms with Crippen LogP contribution in [0.3, 0.4) is 0 Å². The van der Waals surface area contributed by atoms with Gasteiger partial charge in [0, 0.05) is 18.8 Å². The normalized spacial score (nSPS) is 15.9. The van der Waals surface area contributed by atoms with E-state index in [0.29, 0.717) is 0 Å². The van der Waals surface area contributed by atoms with Gasteiger partial charge in [-0.25, -0.2) is 12.8 Å². The first-order chi connectivity index (χ1) is 13.6. The summed E-state index contributed by atoms with van der Waals surface area (Å²) >= 11 is 0. The van der Waals surface area contributed by atoms with Crippen molar-refractivity contribution in [2.45, 2.75) is 11.1 Å². The summed E-state index contributed by atoms with van der Waals surface area (Å²) in [4.78, 5) is 12.1. The van der Waals surface area contributed by atoms with Crippen LogP contribution in [0.1, 0.15) is 15.9 Å². The molecule has 6 nitrogen and oxygen atoms in total. The summed E-state index contributed by atoms with van der Waals surface area (Å²) < 4.78 is 83.6. The maximum absolute atomic E-state index is 14.1. The lowest BCUT2D eigenvalue weighted by molar-refractivity contribution is -0.137. The second-order valence-corrected chi connectivity index (χ2v) is 8.13. The molecule has 1 heterocycles. The molecule has 1 amide bonds. The number of carbonyl (C=O) groups is 1. The molecule has 1 N–H and O–H groups in total. The summed E-state index contributed by atoms with van der Waals surface area (Å²) in [6, 6.07) is 6.39. The lowest BCUT2D eigenvalue weighted by Crippen LogP contribution is -2.40. The molecule has 0 saturated carbocycles. The van der Waals surface area contributed by atoms with Crippen LogP contribution in [0.5, 0.6) is 0 Å². The number of amides is 1. The Kier molecular flexibility index (Phi) is 5.92. The Bertz CT molecular complexity index is 1000. The second kappa shape index (κ2) is 8.09. The number of benzene rings is 2. The van der Waals surface area contributed by atoms with Crippen LogP contribution in [0, 0.1) is 5.82 Å². The monoisotopic (exact) mass is 432 g/mol. The highest BCUT2D eigenvalue weighted by atomic mass is 32.2. The topological polar surface area (TPSA) is 75.7 Å². The maximum Gasteiger partial charge on any atom is 0.416 e. The summed E-state index contributed by atoms with van der Waals surface area (Å²) in [7, 11) is -3.95. The van der Waals surface area contributed by atoms with Gasteiger partial charge in [-0.2, -0.15) is 17.5 Å². The van der Waals surface area contributed by atoms with Crippen molar-refractivity contribution >= 4 is 21.6 Å². The van der Waals surface area contributed by atoms with E-state index in [4.69, 9.17) is 4.74 Å². The van der Waals surface area contributed by atoms with E-state index in [1.807, 2.05) is 0 Å². The zero-order chi connectivity index (χ0) is 21.2. The van der Waals surface area contributed by atoms with Gasteiger partial charge in [-0.05, 0) is 42.5 Å². The van der Waals surface area contributed by atoms with Crippen LogP contribution in [0.25, 0.3) is 0 Å². The number of ether oxygens (including phenoxy) is 1. The highest BCUT2D eigenvalue weighted by molar-refractivity contribution is 7.89. The smallest absolute Gasteiger partial charge is 0.379 e. The molecule has 1 fully saturated rings. The van der Waals surface area contributed by atoms with Crippen molar-refractivity contribution in [1.82, 2.24) is 4.31 Å². The Hall–Kier alpha value is -2.50. The predicted molar refractivity (Wildman–Crippen MR) is 95.4 cm³/mol. The van der Waals surface area contributed by atoms with Gasteiger partial charge in [-0.1, -0.05) is 0 Å². The van der Waals surface area contributed by atoms with Gasteiger partial charge < -0.3 is 10.1 Å². The molecule has 0 radical (unpaired) electrons. The fraction of sp³-hybridized carbons (Fsp3) is 0.278. The number of hydrogen-bond acceptors (Lipinski definition) is 4. The van der Waals surface area contributed by atoms with E-state index in [1.54, 1.807) is 0 Å². The number of halogens is 4. The van der Waals surface area contributed by atoms with Gasteiger partial charge >= 0.3 is 6.18 Å². The molecule has 2 aromatic rings. The number of nitrogens with one attached hydrogen (secondary N) is 1. The standard InChI is InChI=1S/C18H16F4N2O4S/c19-16-6-5-14(29(26,27)24-7-9-28-10-8-24)11-15(16)17(25)23-13-3-1-12(2-4-13)18(20,21)22/h1-6,11H,7-10H2,(H,23,25). The van der Waals surface area contributed by atoms with Crippen LogP contribution < -0.4 is 5.32 Å². The number of hydrogen-bond donors (Lipinski definition) is 1. The third kappa shape index (κ3) is 4.74. The minimum absolute atomic E-state index is 0.00356. The molecule has 3 rings (SSSR count). The third-order valence-corrected chi connectivity index (χ3v) is 6.16. The lowest BCUT2D eigenvalue weighted by Gasteiger charge is -2.26. The second-order valence-electron chi connectivity index (χ2n) is 6.19. The fourth-order valence-electron chi connectivity index (χ4n) is 2.72. The third-order valence-electron chi connectivity index (χ3n) is 4.26. The quantitative estimate of drug-likeness (QED) is 0.754. The van der Waals surface area contributed by atoms with Gasteiger partial charge in [0.2, 0.25) is 10.0 Å². The molecule has 0 unspecified atom stereocenters. The number of alkyl halides is 3. The molecule has 29 heavy (non-hydrogen) atoms. The molecule has 11 heteroatoms. The van der Waals surface area contributed by atoms with Gasteiger partial charge in [0.05, 0.1) is 29.2 Å². The van der Waals surface area contributed by atoms with Crippen molar-refractivity contribution in [3.63, 3.8) is 0 Å². The van der Waals surface area contributed by atoms with Gasteiger partial charge in [-0.15, -0.1) is 0 Å². The number of rotatable bonds is 4. The zero-order valence-corrected chi connectivity index (χ0v) is 15.7. The molecule has 1 saturated heterocycles. The van der Waals surface area contributed by atoms with Gasteiger partial charge in [0.25, 0.3) is 5.91 Å². The molecular weight excluding hydrogens is 416 g/mol. The van der Waals surface area contributed by atoms with Crippen molar-refractivity contribution in [2.75, 3.05) is 31.6 Å². The summed E-state index contributed by atoms with van der Waals surface area (Å²) in [5, 5.41) is 2.26. The molecule has 0 spiro atoms. The first kappa shape index (κ1) is 21.2. The number of nitrogens with zero attached hydrogens (tertiary/aromatic N) is 1. The fourth-order valence-corrected chi connectivity index (χ4v) is 4.15. The summed E-state index contributed by atoms with van der Waals surface area (Å²) in [5.41, 5.74) is -1.44. The van der Waals surface area contributed by atoms with Crippen molar-refractivity contribution in [3.05, 3.63) is 59.4 Å². The van der Waals surface area contributed by atoms with E-state index in [-0.39, 0.29) is 36.9 Å². The number of carbonyl (C=O) groups excluding carboxylic acids is 1. The van der Waals surface area contributed by atoms with Crippen molar-refractivity contribution in [2.24, 2.45) is 0 Å². The molecule has 156 valence electrons. The van der Waals surface area contributed by atoms with E-state index in [2.05, 4.69) is 5.32 Å². The predicted octanol–water partition coefficient (Wildman–Crippen LogP) is 3.12. The average Bonchev–Trinajstić information content (AvgIpc) is 2.68. The SMILES string of the molecule is O=C(Nc1ccc(C(F)(F)F)cc1)c1cc(S(=O)(=O)N2CCOCC2)ccc1F. The zero-order valence-electron chi connectivity index (χ0n) is 14.9. The maximum atomic E-state index is 14.1. The Balaban J connectivity index is 1.83. The van der Waals surface area contributed by atoms with E-state index in [1.165, 1.54) is 4.31 Å². The van der Waals surface area contributed by atoms with Crippen LogP contribution in [-0.2, 0) is 20.9 Å². The summed E-state index contributed by atoms with van der Waals surface area (Å²) in [5.74, 6) is -1.95. The minimum atomic E-state index is -4.53. The van der Waals surface area contributed by atoms with Crippen molar-refractivity contribution < 1.29 is 35.5 Å². The van der Waals surface area contributed by atoms with Crippen LogP contribution in [-0.4, -0.2) is 44.9 Å². The Morgan fingerprint density at radius 3 is 2.24 bits per heavy atom. The Morgan fingerprint density at radius 2 is 1.66 bits per heavy atom. The van der Waals surface area contributed by atoms with Gasteiger partial charge in [0.1, 0.15) is 5.82 Å². The average molecular weight is 432 g/mol. The van der Waals surface area contributed by atoms with Crippen LogP contribution >= 0.6 is 0 Å². The van der Waals surface area contributed by atoms with Crippen LogP contribution in [0.15, 0.2) is 47.4 Å². The van der Waals surface area contributed by atoms with Crippen LogP contribution in [0.4, 0.5) is 23.2 Å². The van der Waals surface area contributed by atoms with Gasteiger partial charge in [0.15, 0.2) is 0 Å². The Labute approximate surface area is 164 Å². The molecule has 0 aliphatic carbocycles. The number of morpholine rings is 1. The summed E-state index contributed by atoms with van der Waals surface area (Å²) in [6.07, 6.45) is -4.53. The lowest BCUT2D eigenvalue weighted by atomic mass is 10.1. The molecule has 2 aromatic carbocycles. The molecule has 0 aromatic heterocycles. The van der Waals surface area contributed by atoms with E-state index >= 15 is 0 Å². The molecule has 1 aliphatic heterocycles. The summed E-state index contributed by atoms with van der Waals surface area (Å²) in [6.45, 7) is 0.711. The number of anilines is 1. The molecule has 0 bridgehead atoms. The van der Waals surface area contributed by atoms with E-state index in [9.17, 15) is 30.8 Å².